The minimum Gasteiger partial charge on any atom is -0.363 e. The Morgan fingerprint density at radius 1 is 1.35 bits per heavy atom. The highest BCUT2D eigenvalue weighted by molar-refractivity contribution is 6.00. The molecule has 2 aliphatic rings. The molecule has 9 heteroatoms. The number of piperidine rings is 1. The van der Waals surface area contributed by atoms with Gasteiger partial charge in [0.2, 0.25) is 5.91 Å². The van der Waals surface area contributed by atoms with Crippen molar-refractivity contribution in [2.75, 3.05) is 18.4 Å². The van der Waals surface area contributed by atoms with E-state index in [0.717, 1.165) is 24.8 Å². The van der Waals surface area contributed by atoms with Gasteiger partial charge in [-0.05, 0) is 51.6 Å². The van der Waals surface area contributed by atoms with Crippen molar-refractivity contribution in [3.63, 3.8) is 0 Å². The number of amides is 1. The normalized spacial score (nSPS) is 22.3. The maximum absolute atomic E-state index is 14.2. The number of hydrogen-bond donors (Lipinski definition) is 3. The minimum absolute atomic E-state index is 0.00241. The molecule has 0 radical (unpaired) electrons. The molecular weight excluding hydrogens is 397 g/mol. The molecule has 2 aromatic rings. The van der Waals surface area contributed by atoms with Crippen molar-refractivity contribution >= 4 is 35.1 Å². The van der Waals surface area contributed by atoms with E-state index in [1.165, 1.54) is 6.20 Å². The maximum atomic E-state index is 14.2. The number of carbonyl (C=O) groups excluding carboxylic acids is 1. The number of aromatic nitrogens is 2. The number of pyridine rings is 2. The van der Waals surface area contributed by atoms with E-state index in [0.29, 0.717) is 41.5 Å². The summed E-state index contributed by atoms with van der Waals surface area (Å²) in [6.07, 6.45) is 4.68. The number of nitrogens with one attached hydrogen (secondary N) is 3. The van der Waals surface area contributed by atoms with Crippen molar-refractivity contribution in [2.24, 2.45) is 15.9 Å². The van der Waals surface area contributed by atoms with Crippen molar-refractivity contribution in [3.05, 3.63) is 42.1 Å². The van der Waals surface area contributed by atoms with E-state index >= 15 is 0 Å². The Labute approximate surface area is 180 Å². The number of rotatable bonds is 7. The third-order valence-corrected chi connectivity index (χ3v) is 5.39. The van der Waals surface area contributed by atoms with Crippen LogP contribution in [0, 0.1) is 5.92 Å². The molecule has 2 atom stereocenters. The average Bonchev–Trinajstić information content (AvgIpc) is 3.60. The fourth-order valence-electron chi connectivity index (χ4n) is 3.46. The molecule has 8 nitrogen and oxygen atoms in total. The van der Waals surface area contributed by atoms with Crippen molar-refractivity contribution in [2.45, 2.75) is 38.4 Å². The molecule has 1 amide bonds. The lowest BCUT2D eigenvalue weighted by molar-refractivity contribution is -0.117. The third-order valence-electron chi connectivity index (χ3n) is 5.39. The SMILES string of the molecule is C=N/C=C(\N=C(C)c1ccc2cnc(NC(=O)C3CC3)cc2n1)N[C@H]1CCNC[C@@H]1F. The average molecular weight is 423 g/mol. The van der Waals surface area contributed by atoms with Gasteiger partial charge < -0.3 is 16.0 Å². The number of aliphatic imine (C=N–C) groups is 2. The van der Waals surface area contributed by atoms with Crippen molar-refractivity contribution in [1.82, 2.24) is 20.6 Å². The summed E-state index contributed by atoms with van der Waals surface area (Å²) < 4.78 is 14.2. The standard InChI is InChI=1S/C22H26FN7O/c1-13(27-21(12-24-2)29-18-7-8-25-11-16(18)23)17-6-5-15-10-26-20(9-19(15)28-17)30-22(31)14-3-4-14/h5-6,9-10,12,14,16,18,25,29H,2-4,7-8,11H2,1H3,(H,26,30,31)/b21-12+,27-13?/t16-,18-/m0/s1. The van der Waals surface area contributed by atoms with Gasteiger partial charge >= 0.3 is 0 Å². The van der Waals surface area contributed by atoms with Gasteiger partial charge in [0, 0.05) is 30.1 Å². The quantitative estimate of drug-likeness (QED) is 0.594. The van der Waals surface area contributed by atoms with Gasteiger partial charge in [-0.2, -0.15) is 0 Å². The number of halogens is 1. The molecule has 3 heterocycles. The molecule has 31 heavy (non-hydrogen) atoms. The first kappa shape index (κ1) is 21.0. The van der Waals surface area contributed by atoms with Crippen LogP contribution in [0.25, 0.3) is 10.9 Å². The van der Waals surface area contributed by atoms with E-state index < -0.39 is 6.17 Å². The van der Waals surface area contributed by atoms with Crippen molar-refractivity contribution in [3.8, 4) is 0 Å². The lowest BCUT2D eigenvalue weighted by Crippen LogP contribution is -2.48. The van der Waals surface area contributed by atoms with E-state index in [-0.39, 0.29) is 17.9 Å². The van der Waals surface area contributed by atoms with Gasteiger partial charge in [-0.1, -0.05) is 0 Å². The zero-order chi connectivity index (χ0) is 21.8. The number of fused-ring (bicyclic) bond motifs is 1. The minimum atomic E-state index is -1.01. The molecule has 1 aliphatic heterocycles. The van der Waals surface area contributed by atoms with Gasteiger partial charge in [0.15, 0.2) is 0 Å². The summed E-state index contributed by atoms with van der Waals surface area (Å²) >= 11 is 0. The Hall–Kier alpha value is -3.20. The summed E-state index contributed by atoms with van der Waals surface area (Å²) in [5.41, 5.74) is 2.02. The highest BCUT2D eigenvalue weighted by atomic mass is 19.1. The van der Waals surface area contributed by atoms with Gasteiger partial charge in [-0.15, -0.1) is 0 Å². The summed E-state index contributed by atoms with van der Waals surface area (Å²) in [6, 6.07) is 5.18. The number of anilines is 1. The molecule has 0 spiro atoms. The van der Waals surface area contributed by atoms with Crippen LogP contribution in [-0.2, 0) is 4.79 Å². The molecule has 1 saturated carbocycles. The van der Waals surface area contributed by atoms with Crippen LogP contribution in [0.1, 0.15) is 31.9 Å². The molecular formula is C22H26FN7O. The molecule has 2 fully saturated rings. The predicted octanol–water partition coefficient (Wildman–Crippen LogP) is 2.58. The van der Waals surface area contributed by atoms with Crippen LogP contribution in [0.4, 0.5) is 10.2 Å². The lowest BCUT2D eigenvalue weighted by Gasteiger charge is -2.28. The van der Waals surface area contributed by atoms with Gasteiger partial charge in [-0.3, -0.25) is 9.79 Å². The Morgan fingerprint density at radius 3 is 2.94 bits per heavy atom. The van der Waals surface area contributed by atoms with Gasteiger partial charge in [-0.25, -0.2) is 19.4 Å². The van der Waals surface area contributed by atoms with Crippen molar-refractivity contribution in [1.29, 1.82) is 0 Å². The van der Waals surface area contributed by atoms with Gasteiger partial charge in [0.1, 0.15) is 17.8 Å². The van der Waals surface area contributed by atoms with Crippen LogP contribution in [0.5, 0.6) is 0 Å². The summed E-state index contributed by atoms with van der Waals surface area (Å²) in [5.74, 6) is 1.03. The van der Waals surface area contributed by atoms with E-state index in [2.05, 4.69) is 42.6 Å². The Bertz CT molecular complexity index is 1050. The van der Waals surface area contributed by atoms with E-state index in [1.54, 1.807) is 12.3 Å². The second-order valence-electron chi connectivity index (χ2n) is 7.88. The van der Waals surface area contributed by atoms with Crippen LogP contribution in [-0.4, -0.2) is 53.6 Å². The summed E-state index contributed by atoms with van der Waals surface area (Å²) in [7, 11) is 0. The Morgan fingerprint density at radius 2 is 2.19 bits per heavy atom. The first-order valence-electron chi connectivity index (χ1n) is 10.4. The topological polar surface area (TPSA) is 104 Å². The van der Waals surface area contributed by atoms with Crippen LogP contribution in [0.3, 0.4) is 0 Å². The zero-order valence-electron chi connectivity index (χ0n) is 17.4. The second-order valence-corrected chi connectivity index (χ2v) is 7.88. The molecule has 3 N–H and O–H groups in total. The summed E-state index contributed by atoms with van der Waals surface area (Å²) in [4.78, 5) is 29.3. The number of alkyl halides is 1. The largest absolute Gasteiger partial charge is 0.363 e. The Kier molecular flexibility index (Phi) is 6.31. The van der Waals surface area contributed by atoms with E-state index in [9.17, 15) is 9.18 Å². The molecule has 0 unspecified atom stereocenters. The van der Waals surface area contributed by atoms with Crippen molar-refractivity contribution < 1.29 is 9.18 Å². The number of carbonyl (C=O) groups is 1. The fourth-order valence-corrected chi connectivity index (χ4v) is 3.46. The monoisotopic (exact) mass is 423 g/mol. The molecule has 1 aliphatic carbocycles. The maximum Gasteiger partial charge on any atom is 0.228 e. The van der Waals surface area contributed by atoms with Gasteiger partial charge in [0.25, 0.3) is 0 Å². The van der Waals surface area contributed by atoms with Crippen LogP contribution in [0.2, 0.25) is 0 Å². The number of hydrogen-bond acceptors (Lipinski definition) is 7. The zero-order valence-corrected chi connectivity index (χ0v) is 17.4. The first-order valence-corrected chi connectivity index (χ1v) is 10.4. The van der Waals surface area contributed by atoms with Gasteiger partial charge in [0.05, 0.1) is 29.2 Å². The summed E-state index contributed by atoms with van der Waals surface area (Å²) in [5, 5.41) is 9.87. The van der Waals surface area contributed by atoms with E-state index in [1.807, 2.05) is 19.1 Å². The molecule has 4 rings (SSSR count). The van der Waals surface area contributed by atoms with Crippen LogP contribution >= 0.6 is 0 Å². The fraction of sp³-hybridized carbons (Fsp3) is 0.409. The summed E-state index contributed by atoms with van der Waals surface area (Å²) in [6.45, 7) is 6.38. The Balaban J connectivity index is 1.54. The molecule has 2 aromatic heterocycles. The number of nitrogens with zero attached hydrogens (tertiary/aromatic N) is 4. The smallest absolute Gasteiger partial charge is 0.228 e. The predicted molar refractivity (Wildman–Crippen MR) is 120 cm³/mol. The molecule has 0 bridgehead atoms. The highest BCUT2D eigenvalue weighted by Gasteiger charge is 2.29. The van der Waals surface area contributed by atoms with E-state index in [4.69, 9.17) is 0 Å². The third kappa shape index (κ3) is 5.29. The second kappa shape index (κ2) is 9.30. The van der Waals surface area contributed by atoms with Crippen LogP contribution in [0.15, 0.2) is 46.4 Å². The lowest BCUT2D eigenvalue weighted by atomic mass is 10.1. The first-order chi connectivity index (χ1) is 15.0. The molecule has 162 valence electrons. The molecule has 0 aromatic carbocycles. The highest BCUT2D eigenvalue weighted by Crippen LogP contribution is 2.30. The van der Waals surface area contributed by atoms with Crippen LogP contribution < -0.4 is 16.0 Å². The molecule has 1 saturated heterocycles.